The van der Waals surface area contributed by atoms with Crippen LogP contribution in [-0.2, 0) is 6.54 Å². The molecule has 3 aromatic rings. The SMILES string of the molecule is CCN(CC)CCn1cc(C(=O)O)c(C)c1-c1ccccc1-c1ccccc1. The van der Waals surface area contributed by atoms with Gasteiger partial charge in [0.1, 0.15) is 0 Å². The van der Waals surface area contributed by atoms with Crippen molar-refractivity contribution in [2.75, 3.05) is 19.6 Å². The van der Waals surface area contributed by atoms with E-state index in [-0.39, 0.29) is 0 Å². The molecule has 1 aromatic heterocycles. The van der Waals surface area contributed by atoms with Gasteiger partial charge in [-0.25, -0.2) is 4.79 Å². The highest BCUT2D eigenvalue weighted by Crippen LogP contribution is 2.35. The van der Waals surface area contributed by atoms with Crippen LogP contribution in [0.25, 0.3) is 22.4 Å². The molecule has 146 valence electrons. The van der Waals surface area contributed by atoms with Crippen LogP contribution < -0.4 is 0 Å². The Balaban J connectivity index is 2.12. The summed E-state index contributed by atoms with van der Waals surface area (Å²) in [7, 11) is 0. The standard InChI is InChI=1S/C24H28N2O2/c1-4-25(5-2)15-16-26-17-22(24(27)28)18(3)23(26)21-14-10-9-13-20(21)19-11-7-6-8-12-19/h6-14,17H,4-5,15-16H2,1-3H3,(H,27,28). The van der Waals surface area contributed by atoms with E-state index in [9.17, 15) is 9.90 Å². The van der Waals surface area contributed by atoms with Gasteiger partial charge in [0.15, 0.2) is 0 Å². The van der Waals surface area contributed by atoms with E-state index in [2.05, 4.69) is 47.6 Å². The molecule has 0 aliphatic rings. The summed E-state index contributed by atoms with van der Waals surface area (Å²) in [4.78, 5) is 14.2. The van der Waals surface area contributed by atoms with Gasteiger partial charge in [-0.15, -0.1) is 0 Å². The Bertz CT molecular complexity index is 940. The molecule has 0 amide bonds. The second-order valence-electron chi connectivity index (χ2n) is 6.95. The number of hydrogen-bond donors (Lipinski definition) is 1. The first-order valence-corrected chi connectivity index (χ1v) is 9.87. The fourth-order valence-corrected chi connectivity index (χ4v) is 3.76. The van der Waals surface area contributed by atoms with Crippen LogP contribution in [0, 0.1) is 6.92 Å². The lowest BCUT2D eigenvalue weighted by Gasteiger charge is -2.20. The van der Waals surface area contributed by atoms with Gasteiger partial charge in [-0.3, -0.25) is 0 Å². The number of carboxylic acids is 1. The van der Waals surface area contributed by atoms with Crippen molar-refractivity contribution >= 4 is 5.97 Å². The van der Waals surface area contributed by atoms with Gasteiger partial charge < -0.3 is 14.6 Å². The minimum Gasteiger partial charge on any atom is -0.478 e. The van der Waals surface area contributed by atoms with E-state index in [0.717, 1.165) is 54.1 Å². The highest BCUT2D eigenvalue weighted by atomic mass is 16.4. The Morgan fingerprint density at radius 3 is 2.18 bits per heavy atom. The summed E-state index contributed by atoms with van der Waals surface area (Å²) in [5.74, 6) is -0.877. The zero-order valence-corrected chi connectivity index (χ0v) is 16.9. The molecular formula is C24H28N2O2. The molecule has 0 atom stereocenters. The topological polar surface area (TPSA) is 45.5 Å². The Hall–Kier alpha value is -2.85. The third kappa shape index (κ3) is 4.02. The van der Waals surface area contributed by atoms with Crippen LogP contribution in [0.1, 0.15) is 29.8 Å². The van der Waals surface area contributed by atoms with Crippen molar-refractivity contribution < 1.29 is 9.90 Å². The molecule has 0 unspecified atom stereocenters. The lowest BCUT2D eigenvalue weighted by molar-refractivity contribution is 0.0696. The van der Waals surface area contributed by atoms with E-state index in [1.54, 1.807) is 6.20 Å². The largest absolute Gasteiger partial charge is 0.478 e. The maximum atomic E-state index is 11.8. The first-order valence-electron chi connectivity index (χ1n) is 9.87. The monoisotopic (exact) mass is 376 g/mol. The van der Waals surface area contributed by atoms with Crippen LogP contribution in [0.4, 0.5) is 0 Å². The molecule has 4 nitrogen and oxygen atoms in total. The van der Waals surface area contributed by atoms with Crippen molar-refractivity contribution in [3.63, 3.8) is 0 Å². The first kappa shape index (κ1) is 19.9. The van der Waals surface area contributed by atoms with Crippen molar-refractivity contribution in [2.45, 2.75) is 27.3 Å². The number of rotatable bonds is 8. The average molecular weight is 377 g/mol. The third-order valence-electron chi connectivity index (χ3n) is 5.38. The zero-order chi connectivity index (χ0) is 20.1. The molecule has 1 heterocycles. The van der Waals surface area contributed by atoms with Crippen molar-refractivity contribution in [3.8, 4) is 22.4 Å². The van der Waals surface area contributed by atoms with Gasteiger partial charge in [0.25, 0.3) is 0 Å². The van der Waals surface area contributed by atoms with Gasteiger partial charge in [-0.1, -0.05) is 68.4 Å². The molecule has 0 fully saturated rings. The molecule has 4 heteroatoms. The van der Waals surface area contributed by atoms with E-state index >= 15 is 0 Å². The van der Waals surface area contributed by atoms with Crippen LogP contribution in [-0.4, -0.2) is 40.2 Å². The Morgan fingerprint density at radius 2 is 1.57 bits per heavy atom. The number of nitrogens with zero attached hydrogens (tertiary/aromatic N) is 2. The van der Waals surface area contributed by atoms with Gasteiger partial charge >= 0.3 is 5.97 Å². The molecule has 0 spiro atoms. The van der Waals surface area contributed by atoms with Crippen LogP contribution in [0.2, 0.25) is 0 Å². The second kappa shape index (κ2) is 8.89. The maximum absolute atomic E-state index is 11.8. The molecular weight excluding hydrogens is 348 g/mol. The number of aromatic nitrogens is 1. The van der Waals surface area contributed by atoms with Crippen LogP contribution in [0.3, 0.4) is 0 Å². The minimum absolute atomic E-state index is 0.373. The third-order valence-corrected chi connectivity index (χ3v) is 5.38. The van der Waals surface area contributed by atoms with Gasteiger partial charge in [0.05, 0.1) is 11.3 Å². The van der Waals surface area contributed by atoms with Crippen LogP contribution in [0.15, 0.2) is 60.8 Å². The van der Waals surface area contributed by atoms with Gasteiger partial charge in [0, 0.05) is 24.8 Å². The molecule has 2 aromatic carbocycles. The van der Waals surface area contributed by atoms with E-state index in [1.165, 1.54) is 0 Å². The fraction of sp³-hybridized carbons (Fsp3) is 0.292. The highest BCUT2D eigenvalue weighted by Gasteiger charge is 2.20. The minimum atomic E-state index is -0.877. The number of benzene rings is 2. The Morgan fingerprint density at radius 1 is 0.964 bits per heavy atom. The van der Waals surface area contributed by atoms with Crippen molar-refractivity contribution in [3.05, 3.63) is 71.9 Å². The predicted molar refractivity (Wildman–Crippen MR) is 115 cm³/mol. The molecule has 28 heavy (non-hydrogen) atoms. The van der Waals surface area contributed by atoms with E-state index < -0.39 is 5.97 Å². The predicted octanol–water partition coefficient (Wildman–Crippen LogP) is 5.17. The molecule has 0 saturated carbocycles. The summed E-state index contributed by atoms with van der Waals surface area (Å²) in [6.45, 7) is 9.83. The number of carbonyl (C=O) groups is 1. The smallest absolute Gasteiger partial charge is 0.337 e. The summed E-state index contributed by atoms with van der Waals surface area (Å²) in [5, 5.41) is 9.68. The second-order valence-corrected chi connectivity index (χ2v) is 6.95. The van der Waals surface area contributed by atoms with E-state index in [1.807, 2.05) is 37.3 Å². The Kier molecular flexibility index (Phi) is 6.32. The van der Waals surface area contributed by atoms with Crippen molar-refractivity contribution in [1.29, 1.82) is 0 Å². The number of likely N-dealkylation sites (N-methyl/N-ethyl adjacent to an activating group) is 1. The van der Waals surface area contributed by atoms with Crippen molar-refractivity contribution in [1.82, 2.24) is 9.47 Å². The van der Waals surface area contributed by atoms with Gasteiger partial charge in [0.2, 0.25) is 0 Å². The molecule has 0 bridgehead atoms. The molecule has 0 radical (unpaired) electrons. The average Bonchev–Trinajstić information content (AvgIpc) is 3.06. The molecule has 0 saturated heterocycles. The normalized spacial score (nSPS) is 11.1. The molecule has 0 aliphatic carbocycles. The molecule has 3 rings (SSSR count). The van der Waals surface area contributed by atoms with Gasteiger partial charge in [-0.2, -0.15) is 0 Å². The van der Waals surface area contributed by atoms with E-state index in [0.29, 0.717) is 5.56 Å². The zero-order valence-electron chi connectivity index (χ0n) is 16.9. The number of aromatic carboxylic acids is 1. The summed E-state index contributed by atoms with van der Waals surface area (Å²) in [5.41, 5.74) is 5.49. The van der Waals surface area contributed by atoms with Crippen LogP contribution in [0.5, 0.6) is 0 Å². The number of hydrogen-bond acceptors (Lipinski definition) is 2. The highest BCUT2D eigenvalue weighted by molar-refractivity contribution is 5.94. The van der Waals surface area contributed by atoms with Crippen molar-refractivity contribution in [2.24, 2.45) is 0 Å². The maximum Gasteiger partial charge on any atom is 0.337 e. The number of carboxylic acid groups (broad SMARTS) is 1. The summed E-state index contributed by atoms with van der Waals surface area (Å²) >= 11 is 0. The lowest BCUT2D eigenvalue weighted by Crippen LogP contribution is -2.27. The molecule has 0 aliphatic heterocycles. The molecule has 1 N–H and O–H groups in total. The quantitative estimate of drug-likeness (QED) is 0.590. The lowest BCUT2D eigenvalue weighted by atomic mass is 9.95. The van der Waals surface area contributed by atoms with E-state index in [4.69, 9.17) is 0 Å². The van der Waals surface area contributed by atoms with Gasteiger partial charge in [-0.05, 0) is 36.7 Å². The fourth-order valence-electron chi connectivity index (χ4n) is 3.76. The Labute approximate surface area is 167 Å². The first-order chi connectivity index (χ1) is 13.6. The van der Waals surface area contributed by atoms with Crippen LogP contribution >= 0.6 is 0 Å². The summed E-state index contributed by atoms with van der Waals surface area (Å²) in [6.07, 6.45) is 1.79. The summed E-state index contributed by atoms with van der Waals surface area (Å²) < 4.78 is 2.11. The summed E-state index contributed by atoms with van der Waals surface area (Å²) in [6, 6.07) is 18.5.